The van der Waals surface area contributed by atoms with E-state index >= 15 is 4.39 Å². The Morgan fingerprint density at radius 3 is 2.43 bits per heavy atom. The zero-order valence-electron chi connectivity index (χ0n) is 20.5. The number of carbonyl (C=O) groups is 1. The van der Waals surface area contributed by atoms with Crippen LogP contribution in [0.2, 0.25) is 0 Å². The molecule has 0 saturated heterocycles. The van der Waals surface area contributed by atoms with Crippen molar-refractivity contribution in [3.8, 4) is 11.1 Å². The van der Waals surface area contributed by atoms with Gasteiger partial charge < -0.3 is 5.11 Å². The van der Waals surface area contributed by atoms with E-state index < -0.39 is 5.97 Å². The number of imidazole rings is 1. The average molecular weight is 479 g/mol. The number of hydrogen-bond donors (Lipinski definition) is 1. The maximum atomic E-state index is 15.4. The third-order valence-electron chi connectivity index (χ3n) is 7.28. The lowest BCUT2D eigenvalue weighted by atomic mass is 9.87. The van der Waals surface area contributed by atoms with Crippen molar-refractivity contribution in [2.75, 3.05) is 0 Å². The second kappa shape index (κ2) is 11.5. The van der Waals surface area contributed by atoms with Gasteiger partial charge in [-0.2, -0.15) is 4.39 Å². The minimum absolute atomic E-state index is 0.246. The minimum atomic E-state index is -0.971. The minimum Gasteiger partial charge on any atom is -0.478 e. The highest BCUT2D eigenvalue weighted by Crippen LogP contribution is 2.27. The van der Waals surface area contributed by atoms with E-state index in [4.69, 9.17) is 0 Å². The topological polar surface area (TPSA) is 64.2 Å². The summed E-state index contributed by atoms with van der Waals surface area (Å²) in [4.78, 5) is 24.9. The fraction of sp³-hybridized carbons (Fsp3) is 0.448. The van der Waals surface area contributed by atoms with Crippen LogP contribution in [0.4, 0.5) is 4.39 Å². The first kappa shape index (κ1) is 25.0. The van der Waals surface area contributed by atoms with Gasteiger partial charge in [0.25, 0.3) is 0 Å². The van der Waals surface area contributed by atoms with E-state index in [0.717, 1.165) is 30.4 Å². The highest BCUT2D eigenvalue weighted by molar-refractivity contribution is 5.95. The summed E-state index contributed by atoms with van der Waals surface area (Å²) >= 11 is 0. The molecule has 1 N–H and O–H groups in total. The standard InChI is InChI=1S/C29H35FN2O3/c1-2-3-13-26-27(30)31(19-18-21-9-5-4-6-10-21)29(35)32(26)20-22-14-16-23(17-15-22)24-11-7-8-12-25(24)28(33)34/h7-8,11-12,14-17,21H,2-6,9-10,13,18-20H2,1H3,(H,33,34). The number of halogens is 1. The second-order valence-electron chi connectivity index (χ2n) is 9.70. The quantitative estimate of drug-likeness (QED) is 0.361. The van der Waals surface area contributed by atoms with Gasteiger partial charge in [-0.15, -0.1) is 0 Å². The number of carboxylic acids is 1. The molecule has 0 spiro atoms. The van der Waals surface area contributed by atoms with Crippen LogP contribution in [0, 0.1) is 11.9 Å². The van der Waals surface area contributed by atoms with Crippen LogP contribution < -0.4 is 5.69 Å². The van der Waals surface area contributed by atoms with Crippen molar-refractivity contribution in [2.24, 2.45) is 5.92 Å². The van der Waals surface area contributed by atoms with Crippen LogP contribution in [0.15, 0.2) is 53.3 Å². The van der Waals surface area contributed by atoms with Crippen LogP contribution in [-0.2, 0) is 19.5 Å². The Morgan fingerprint density at radius 2 is 1.74 bits per heavy atom. The summed E-state index contributed by atoms with van der Waals surface area (Å²) in [5.74, 6) is -0.771. The lowest BCUT2D eigenvalue weighted by molar-refractivity contribution is 0.0697. The molecule has 1 aromatic heterocycles. The molecule has 1 aliphatic rings. The van der Waals surface area contributed by atoms with Gasteiger partial charge in [0.2, 0.25) is 5.95 Å². The summed E-state index contributed by atoms with van der Waals surface area (Å²) in [5.41, 5.74) is 2.78. The van der Waals surface area contributed by atoms with E-state index in [0.29, 0.717) is 36.7 Å². The van der Waals surface area contributed by atoms with Gasteiger partial charge in [0.15, 0.2) is 0 Å². The second-order valence-corrected chi connectivity index (χ2v) is 9.70. The van der Waals surface area contributed by atoms with Crippen molar-refractivity contribution in [1.29, 1.82) is 0 Å². The molecule has 1 fully saturated rings. The molecule has 0 unspecified atom stereocenters. The molecule has 0 radical (unpaired) electrons. The molecule has 0 bridgehead atoms. The van der Waals surface area contributed by atoms with E-state index in [2.05, 4.69) is 6.92 Å². The Labute approximate surface area is 206 Å². The number of rotatable bonds is 10. The largest absolute Gasteiger partial charge is 0.478 e. The molecule has 4 rings (SSSR count). The Balaban J connectivity index is 1.58. The fourth-order valence-corrected chi connectivity index (χ4v) is 5.23. The monoisotopic (exact) mass is 478 g/mol. The predicted octanol–water partition coefficient (Wildman–Crippen LogP) is 6.52. The molecule has 1 saturated carbocycles. The number of aromatic nitrogens is 2. The van der Waals surface area contributed by atoms with Crippen molar-refractivity contribution in [1.82, 2.24) is 9.13 Å². The molecular weight excluding hydrogens is 443 g/mol. The highest BCUT2D eigenvalue weighted by atomic mass is 19.1. The first-order valence-electron chi connectivity index (χ1n) is 12.9. The fourth-order valence-electron chi connectivity index (χ4n) is 5.23. The zero-order chi connectivity index (χ0) is 24.8. The Bertz CT molecular complexity index is 1200. The third kappa shape index (κ3) is 5.75. The highest BCUT2D eigenvalue weighted by Gasteiger charge is 2.21. The third-order valence-corrected chi connectivity index (χ3v) is 7.28. The summed E-state index contributed by atoms with van der Waals surface area (Å²) in [6, 6.07) is 14.4. The lowest BCUT2D eigenvalue weighted by Gasteiger charge is -2.21. The summed E-state index contributed by atoms with van der Waals surface area (Å²) in [6.45, 7) is 2.80. The molecule has 6 heteroatoms. The molecule has 1 aliphatic carbocycles. The SMILES string of the molecule is CCCCc1c(F)n(CCC2CCCCC2)c(=O)n1Cc1ccc(-c2ccccc2C(=O)O)cc1. The van der Waals surface area contributed by atoms with Gasteiger partial charge in [-0.05, 0) is 47.9 Å². The van der Waals surface area contributed by atoms with Gasteiger partial charge >= 0.3 is 11.7 Å². The predicted molar refractivity (Wildman–Crippen MR) is 136 cm³/mol. The number of unbranched alkanes of at least 4 members (excludes halogenated alkanes) is 1. The van der Waals surface area contributed by atoms with Gasteiger partial charge in [-0.1, -0.05) is 87.9 Å². The molecule has 0 amide bonds. The number of nitrogens with zero attached hydrogens (tertiary/aromatic N) is 2. The summed E-state index contributed by atoms with van der Waals surface area (Å²) in [7, 11) is 0. The Hall–Kier alpha value is -3.15. The van der Waals surface area contributed by atoms with Gasteiger partial charge in [-0.3, -0.25) is 9.13 Å². The van der Waals surface area contributed by atoms with E-state index in [-0.39, 0.29) is 17.2 Å². The molecule has 1 heterocycles. The first-order chi connectivity index (χ1) is 17.0. The van der Waals surface area contributed by atoms with Crippen molar-refractivity contribution in [3.63, 3.8) is 0 Å². The number of hydrogen-bond acceptors (Lipinski definition) is 2. The molecule has 0 aliphatic heterocycles. The molecule has 3 aromatic rings. The molecule has 0 atom stereocenters. The van der Waals surface area contributed by atoms with Crippen molar-refractivity contribution < 1.29 is 14.3 Å². The van der Waals surface area contributed by atoms with E-state index in [1.807, 2.05) is 30.3 Å². The van der Waals surface area contributed by atoms with E-state index in [9.17, 15) is 14.7 Å². The van der Waals surface area contributed by atoms with Crippen LogP contribution in [0.5, 0.6) is 0 Å². The van der Waals surface area contributed by atoms with Gasteiger partial charge in [0.05, 0.1) is 17.8 Å². The average Bonchev–Trinajstić information content (AvgIpc) is 3.10. The van der Waals surface area contributed by atoms with Crippen molar-refractivity contribution in [2.45, 2.75) is 77.8 Å². The van der Waals surface area contributed by atoms with Crippen molar-refractivity contribution >= 4 is 5.97 Å². The van der Waals surface area contributed by atoms with Gasteiger partial charge in [-0.25, -0.2) is 9.59 Å². The smallest absolute Gasteiger partial charge is 0.336 e. The number of carboxylic acid groups (broad SMARTS) is 1. The summed E-state index contributed by atoms with van der Waals surface area (Å²) in [6.07, 6.45) is 9.25. The van der Waals surface area contributed by atoms with E-state index in [1.54, 1.807) is 22.8 Å². The Kier molecular flexibility index (Phi) is 8.21. The van der Waals surface area contributed by atoms with Crippen LogP contribution in [0.3, 0.4) is 0 Å². The van der Waals surface area contributed by atoms with Gasteiger partial charge in [0.1, 0.15) is 0 Å². The van der Waals surface area contributed by atoms with Crippen LogP contribution in [0.25, 0.3) is 11.1 Å². The molecular formula is C29H35FN2O3. The summed E-state index contributed by atoms with van der Waals surface area (Å²) < 4.78 is 18.4. The maximum Gasteiger partial charge on any atom is 0.336 e. The van der Waals surface area contributed by atoms with Crippen LogP contribution in [-0.4, -0.2) is 20.2 Å². The molecule has 5 nitrogen and oxygen atoms in total. The zero-order valence-corrected chi connectivity index (χ0v) is 20.5. The van der Waals surface area contributed by atoms with E-state index in [1.165, 1.54) is 36.7 Å². The maximum absolute atomic E-state index is 15.4. The number of aromatic carboxylic acids is 1. The van der Waals surface area contributed by atoms with Crippen LogP contribution >= 0.6 is 0 Å². The Morgan fingerprint density at radius 1 is 1.03 bits per heavy atom. The summed E-state index contributed by atoms with van der Waals surface area (Å²) in [5, 5.41) is 9.49. The first-order valence-corrected chi connectivity index (χ1v) is 12.9. The van der Waals surface area contributed by atoms with Crippen LogP contribution in [0.1, 0.15) is 79.9 Å². The lowest BCUT2D eigenvalue weighted by Crippen LogP contribution is -2.27. The molecule has 2 aromatic carbocycles. The van der Waals surface area contributed by atoms with Crippen molar-refractivity contribution in [3.05, 3.63) is 81.8 Å². The normalized spacial score (nSPS) is 14.3. The van der Waals surface area contributed by atoms with Gasteiger partial charge in [0, 0.05) is 6.54 Å². The number of benzene rings is 2. The molecule has 35 heavy (non-hydrogen) atoms. The molecule has 186 valence electrons.